The van der Waals surface area contributed by atoms with Gasteiger partial charge in [0.25, 0.3) is 5.91 Å². The van der Waals surface area contributed by atoms with Gasteiger partial charge >= 0.3 is 6.09 Å². The van der Waals surface area contributed by atoms with E-state index < -0.39 is 0 Å². The third-order valence-electron chi connectivity index (χ3n) is 7.07. The summed E-state index contributed by atoms with van der Waals surface area (Å²) in [5, 5.41) is 8.24. The van der Waals surface area contributed by atoms with Gasteiger partial charge in [-0.1, -0.05) is 0 Å². The normalized spacial score (nSPS) is 18.0. The van der Waals surface area contributed by atoms with Gasteiger partial charge in [0, 0.05) is 81.4 Å². The lowest BCUT2D eigenvalue weighted by atomic mass is 10.0. The number of aryl methyl sites for hydroxylation is 2. The fourth-order valence-corrected chi connectivity index (χ4v) is 5.10. The number of rotatable bonds is 6. The van der Waals surface area contributed by atoms with Gasteiger partial charge in [-0.2, -0.15) is 5.10 Å². The minimum absolute atomic E-state index is 0.0163. The van der Waals surface area contributed by atoms with Gasteiger partial charge in [-0.25, -0.2) is 4.79 Å². The molecule has 9 nitrogen and oxygen atoms in total. The van der Waals surface area contributed by atoms with Crippen molar-refractivity contribution in [2.45, 2.75) is 45.7 Å². The summed E-state index contributed by atoms with van der Waals surface area (Å²) in [6.07, 6.45) is 3.96. The van der Waals surface area contributed by atoms with Crippen molar-refractivity contribution in [3.63, 3.8) is 0 Å². The number of carbonyl (C=O) groups excluding carboxylic acids is 2. The summed E-state index contributed by atoms with van der Waals surface area (Å²) in [4.78, 5) is 30.7. The molecule has 0 saturated carbocycles. The summed E-state index contributed by atoms with van der Waals surface area (Å²) in [5.74, 6) is 0.0163. The average molecular weight is 483 g/mol. The van der Waals surface area contributed by atoms with Gasteiger partial charge < -0.3 is 24.8 Å². The number of piperidine rings is 1. The number of hydrogen-bond acceptors (Lipinski definition) is 6. The van der Waals surface area contributed by atoms with E-state index in [1.54, 1.807) is 11.8 Å². The molecule has 190 valence electrons. The van der Waals surface area contributed by atoms with Crippen molar-refractivity contribution in [3.05, 3.63) is 47.3 Å². The molecule has 0 aliphatic carbocycles. The summed E-state index contributed by atoms with van der Waals surface area (Å²) in [7, 11) is 1.96. The second-order valence-corrected chi connectivity index (χ2v) is 9.52. The minimum atomic E-state index is -0.301. The van der Waals surface area contributed by atoms with E-state index in [9.17, 15) is 9.59 Å². The largest absolute Gasteiger partial charge is 0.450 e. The number of carbonyl (C=O) groups is 2. The number of piperazine rings is 1. The molecule has 1 aromatic heterocycles. The average Bonchev–Trinajstić information content (AvgIpc) is 3.22. The molecule has 4 rings (SSSR count). The molecule has 2 aromatic rings. The monoisotopic (exact) mass is 482 g/mol. The van der Waals surface area contributed by atoms with E-state index in [1.807, 2.05) is 28.8 Å². The van der Waals surface area contributed by atoms with Crippen LogP contribution < -0.4 is 10.2 Å². The van der Waals surface area contributed by atoms with Gasteiger partial charge in [0.1, 0.15) is 0 Å². The van der Waals surface area contributed by atoms with Crippen LogP contribution >= 0.6 is 0 Å². The van der Waals surface area contributed by atoms with E-state index in [4.69, 9.17) is 4.74 Å². The molecule has 35 heavy (non-hydrogen) atoms. The number of nitrogens with one attached hydrogen (secondary N) is 1. The van der Waals surface area contributed by atoms with E-state index in [1.165, 1.54) is 5.56 Å². The third kappa shape index (κ3) is 5.96. The Morgan fingerprint density at radius 1 is 1.06 bits per heavy atom. The zero-order valence-corrected chi connectivity index (χ0v) is 21.4. The van der Waals surface area contributed by atoms with Crippen LogP contribution in [0.4, 0.5) is 10.5 Å². The first-order valence-electron chi connectivity index (χ1n) is 12.7. The third-order valence-corrected chi connectivity index (χ3v) is 7.07. The molecule has 1 aromatic carbocycles. The van der Waals surface area contributed by atoms with E-state index >= 15 is 0 Å². The Hall–Kier alpha value is -3.07. The highest BCUT2D eigenvalue weighted by molar-refractivity contribution is 5.94. The van der Waals surface area contributed by atoms with Crippen molar-refractivity contribution in [1.29, 1.82) is 0 Å². The van der Waals surface area contributed by atoms with Crippen LogP contribution in [0.3, 0.4) is 0 Å². The number of amides is 2. The van der Waals surface area contributed by atoms with E-state index in [2.05, 4.69) is 47.5 Å². The number of benzene rings is 1. The number of ether oxygens (including phenoxy) is 1. The molecule has 0 radical (unpaired) electrons. The molecule has 1 atom stereocenters. The first kappa shape index (κ1) is 25.0. The fraction of sp³-hybridized carbons (Fsp3) is 0.577. The Morgan fingerprint density at radius 2 is 1.69 bits per heavy atom. The van der Waals surface area contributed by atoms with Crippen LogP contribution in [0.5, 0.6) is 0 Å². The van der Waals surface area contributed by atoms with Gasteiger partial charge in [-0.3, -0.25) is 9.48 Å². The second kappa shape index (κ2) is 11.1. The quantitative estimate of drug-likeness (QED) is 0.682. The Bertz CT molecular complexity index is 1000. The molecule has 0 spiro atoms. The molecular weight excluding hydrogens is 444 g/mol. The zero-order chi connectivity index (χ0) is 24.9. The maximum absolute atomic E-state index is 12.9. The summed E-state index contributed by atoms with van der Waals surface area (Å²) < 4.78 is 6.93. The van der Waals surface area contributed by atoms with Gasteiger partial charge in [0.05, 0.1) is 12.3 Å². The maximum atomic E-state index is 12.9. The molecule has 3 heterocycles. The molecule has 1 N–H and O–H groups in total. The lowest BCUT2D eigenvalue weighted by Gasteiger charge is -2.35. The molecule has 9 heteroatoms. The van der Waals surface area contributed by atoms with Crippen molar-refractivity contribution >= 4 is 17.7 Å². The lowest BCUT2D eigenvalue weighted by molar-refractivity contribution is 0.0570. The zero-order valence-electron chi connectivity index (χ0n) is 21.4. The smallest absolute Gasteiger partial charge is 0.409 e. The predicted molar refractivity (Wildman–Crippen MR) is 136 cm³/mol. The van der Waals surface area contributed by atoms with Gasteiger partial charge in [0.15, 0.2) is 0 Å². The van der Waals surface area contributed by atoms with E-state index in [-0.39, 0.29) is 18.0 Å². The molecule has 2 aliphatic rings. The highest BCUT2D eigenvalue weighted by Gasteiger charge is 2.26. The number of aromatic nitrogens is 2. The van der Waals surface area contributed by atoms with Crippen LogP contribution in [0.1, 0.15) is 54.3 Å². The molecule has 2 aliphatic heterocycles. The van der Waals surface area contributed by atoms with Crippen LogP contribution in [-0.4, -0.2) is 83.5 Å². The van der Waals surface area contributed by atoms with Crippen LogP contribution in [0, 0.1) is 6.92 Å². The first-order valence-corrected chi connectivity index (χ1v) is 12.7. The van der Waals surface area contributed by atoms with Crippen LogP contribution in [-0.2, 0) is 11.8 Å². The van der Waals surface area contributed by atoms with E-state index in [0.29, 0.717) is 44.4 Å². The molecule has 2 fully saturated rings. The standard InChI is InChI=1S/C26H38N6O3/c1-5-35-26(34)32-16-14-31(15-17-32)25(33)21-6-8-23(9-7-21)30-12-10-22(11-13-30)27-19(2)24-18-29(4)28-20(24)3/h6-9,18-19,22,27H,5,10-17H2,1-4H3/t19-/m0/s1. The maximum Gasteiger partial charge on any atom is 0.409 e. The highest BCUT2D eigenvalue weighted by atomic mass is 16.6. The SMILES string of the molecule is CCOC(=O)N1CCN(C(=O)c2ccc(N3CCC(N[C@@H](C)c4cn(C)nc4C)CC3)cc2)CC1. The Labute approximate surface area is 208 Å². The topological polar surface area (TPSA) is 82.9 Å². The summed E-state index contributed by atoms with van der Waals surface area (Å²) in [5.41, 5.74) is 4.19. The van der Waals surface area contributed by atoms with Crippen molar-refractivity contribution in [2.75, 3.05) is 50.8 Å². The highest BCUT2D eigenvalue weighted by Crippen LogP contribution is 2.24. The van der Waals surface area contributed by atoms with Gasteiger partial charge in [0.2, 0.25) is 0 Å². The van der Waals surface area contributed by atoms with Crippen LogP contribution in [0.25, 0.3) is 0 Å². The molecule has 2 amide bonds. The van der Waals surface area contributed by atoms with Crippen molar-refractivity contribution in [2.24, 2.45) is 7.05 Å². The van der Waals surface area contributed by atoms with Crippen LogP contribution in [0.2, 0.25) is 0 Å². The fourth-order valence-electron chi connectivity index (χ4n) is 5.10. The minimum Gasteiger partial charge on any atom is -0.450 e. The molecule has 2 saturated heterocycles. The van der Waals surface area contributed by atoms with E-state index in [0.717, 1.165) is 37.3 Å². The summed E-state index contributed by atoms with van der Waals surface area (Å²) in [6, 6.07) is 8.72. The first-order chi connectivity index (χ1) is 16.9. The second-order valence-electron chi connectivity index (χ2n) is 9.52. The Morgan fingerprint density at radius 3 is 2.26 bits per heavy atom. The predicted octanol–water partition coefficient (Wildman–Crippen LogP) is 2.96. The van der Waals surface area contributed by atoms with Crippen LogP contribution in [0.15, 0.2) is 30.5 Å². The van der Waals surface area contributed by atoms with Crippen molar-refractivity contribution < 1.29 is 14.3 Å². The molecule has 0 bridgehead atoms. The number of hydrogen-bond donors (Lipinski definition) is 1. The lowest BCUT2D eigenvalue weighted by Crippen LogP contribution is -2.50. The van der Waals surface area contributed by atoms with Crippen molar-refractivity contribution in [1.82, 2.24) is 24.9 Å². The summed E-state index contributed by atoms with van der Waals surface area (Å²) >= 11 is 0. The summed E-state index contributed by atoms with van der Waals surface area (Å²) in [6.45, 7) is 10.5. The Balaban J connectivity index is 1.25. The number of anilines is 1. The van der Waals surface area contributed by atoms with Crippen molar-refractivity contribution in [3.8, 4) is 0 Å². The molecular formula is C26H38N6O3. The van der Waals surface area contributed by atoms with Gasteiger partial charge in [-0.15, -0.1) is 0 Å². The Kier molecular flexibility index (Phi) is 7.95. The van der Waals surface area contributed by atoms with Gasteiger partial charge in [-0.05, 0) is 57.9 Å². The molecule has 0 unspecified atom stereocenters. The number of nitrogens with zero attached hydrogens (tertiary/aromatic N) is 5.